The van der Waals surface area contributed by atoms with Gasteiger partial charge in [0.2, 0.25) is 0 Å². The zero-order valence-electron chi connectivity index (χ0n) is 7.29. The molecule has 0 aromatic carbocycles. The van der Waals surface area contributed by atoms with E-state index in [9.17, 15) is 0 Å². The van der Waals surface area contributed by atoms with Gasteiger partial charge in [-0.1, -0.05) is 6.92 Å². The van der Waals surface area contributed by atoms with E-state index in [-0.39, 0.29) is 0 Å². The first-order valence-corrected chi connectivity index (χ1v) is 4.92. The van der Waals surface area contributed by atoms with E-state index in [4.69, 9.17) is 5.11 Å². The third kappa shape index (κ3) is 6.66. The molecule has 0 aliphatic rings. The SMILES string of the molecule is CCN(CCCO)CCCS. The summed E-state index contributed by atoms with van der Waals surface area (Å²) >= 11 is 4.15. The van der Waals surface area contributed by atoms with Crippen molar-refractivity contribution in [2.75, 3.05) is 32.0 Å². The van der Waals surface area contributed by atoms with Crippen LogP contribution in [-0.2, 0) is 0 Å². The maximum Gasteiger partial charge on any atom is 0.0443 e. The maximum absolute atomic E-state index is 8.59. The Hall–Kier alpha value is 0.270. The summed E-state index contributed by atoms with van der Waals surface area (Å²) in [6.07, 6.45) is 2.03. The second-order valence-corrected chi connectivity index (χ2v) is 3.04. The minimum Gasteiger partial charge on any atom is -0.396 e. The van der Waals surface area contributed by atoms with Gasteiger partial charge in [-0.05, 0) is 31.7 Å². The van der Waals surface area contributed by atoms with E-state index in [0.717, 1.165) is 38.2 Å². The van der Waals surface area contributed by atoms with Crippen molar-refractivity contribution in [3.05, 3.63) is 0 Å². The maximum atomic E-state index is 8.59. The Bertz CT molecular complexity index is 72.5. The Morgan fingerprint density at radius 2 is 1.91 bits per heavy atom. The van der Waals surface area contributed by atoms with Gasteiger partial charge < -0.3 is 10.0 Å². The molecule has 0 saturated carbocycles. The first kappa shape index (κ1) is 11.3. The topological polar surface area (TPSA) is 23.5 Å². The molecular formula is C8H19NOS. The Morgan fingerprint density at radius 3 is 2.36 bits per heavy atom. The summed E-state index contributed by atoms with van der Waals surface area (Å²) in [6, 6.07) is 0. The monoisotopic (exact) mass is 177 g/mol. The fourth-order valence-corrected chi connectivity index (χ4v) is 1.16. The lowest BCUT2D eigenvalue weighted by Crippen LogP contribution is -2.26. The van der Waals surface area contributed by atoms with E-state index in [2.05, 4.69) is 24.5 Å². The lowest BCUT2D eigenvalue weighted by atomic mass is 10.3. The number of nitrogens with zero attached hydrogens (tertiary/aromatic N) is 1. The van der Waals surface area contributed by atoms with Crippen molar-refractivity contribution < 1.29 is 5.11 Å². The molecule has 0 spiro atoms. The van der Waals surface area contributed by atoms with Gasteiger partial charge in [-0.3, -0.25) is 0 Å². The highest BCUT2D eigenvalue weighted by Gasteiger charge is 1.99. The molecule has 0 heterocycles. The quantitative estimate of drug-likeness (QED) is 0.567. The molecule has 0 unspecified atom stereocenters. The minimum absolute atomic E-state index is 0.303. The minimum atomic E-state index is 0.303. The van der Waals surface area contributed by atoms with Crippen molar-refractivity contribution in [2.45, 2.75) is 19.8 Å². The standard InChI is InChI=1S/C8H19NOS/c1-2-9(5-3-7-10)6-4-8-11/h10-11H,2-8H2,1H3. The number of aliphatic hydroxyl groups excluding tert-OH is 1. The Morgan fingerprint density at radius 1 is 1.27 bits per heavy atom. The summed E-state index contributed by atoms with van der Waals surface area (Å²) in [4.78, 5) is 2.34. The molecule has 0 bridgehead atoms. The van der Waals surface area contributed by atoms with Gasteiger partial charge in [0.25, 0.3) is 0 Å². The average molecular weight is 177 g/mol. The summed E-state index contributed by atoms with van der Waals surface area (Å²) in [6.45, 7) is 5.65. The van der Waals surface area contributed by atoms with Crippen LogP contribution < -0.4 is 0 Å². The van der Waals surface area contributed by atoms with Gasteiger partial charge in [0.05, 0.1) is 0 Å². The Labute approximate surface area is 75.0 Å². The summed E-state index contributed by atoms with van der Waals surface area (Å²) < 4.78 is 0. The summed E-state index contributed by atoms with van der Waals surface area (Å²) in [5.74, 6) is 0.954. The van der Waals surface area contributed by atoms with Crippen molar-refractivity contribution in [3.63, 3.8) is 0 Å². The van der Waals surface area contributed by atoms with E-state index in [1.807, 2.05) is 0 Å². The van der Waals surface area contributed by atoms with Gasteiger partial charge in [0, 0.05) is 13.2 Å². The molecule has 0 aromatic rings. The second kappa shape index (κ2) is 8.37. The van der Waals surface area contributed by atoms with Crippen molar-refractivity contribution in [2.24, 2.45) is 0 Å². The predicted molar refractivity (Wildman–Crippen MR) is 52.3 cm³/mol. The highest BCUT2D eigenvalue weighted by Crippen LogP contribution is 1.94. The molecule has 68 valence electrons. The van der Waals surface area contributed by atoms with E-state index in [1.54, 1.807) is 0 Å². The summed E-state index contributed by atoms with van der Waals surface area (Å²) in [5, 5.41) is 8.59. The van der Waals surface area contributed by atoms with Crippen molar-refractivity contribution in [1.29, 1.82) is 0 Å². The third-order valence-corrected chi connectivity index (χ3v) is 2.03. The van der Waals surface area contributed by atoms with Gasteiger partial charge in [-0.2, -0.15) is 12.6 Å². The fraction of sp³-hybridized carbons (Fsp3) is 1.00. The zero-order chi connectivity index (χ0) is 8.53. The smallest absolute Gasteiger partial charge is 0.0443 e. The average Bonchev–Trinajstić information content (AvgIpc) is 2.05. The molecule has 0 aliphatic carbocycles. The lowest BCUT2D eigenvalue weighted by Gasteiger charge is -2.18. The molecule has 0 amide bonds. The number of thiol groups is 1. The van der Waals surface area contributed by atoms with Crippen LogP contribution in [0.4, 0.5) is 0 Å². The molecule has 3 heteroatoms. The molecule has 1 N–H and O–H groups in total. The van der Waals surface area contributed by atoms with Crippen molar-refractivity contribution >= 4 is 12.6 Å². The van der Waals surface area contributed by atoms with E-state index in [0.29, 0.717) is 6.61 Å². The number of hydrogen-bond donors (Lipinski definition) is 2. The second-order valence-electron chi connectivity index (χ2n) is 2.59. The number of hydrogen-bond acceptors (Lipinski definition) is 3. The van der Waals surface area contributed by atoms with Crippen molar-refractivity contribution in [1.82, 2.24) is 4.90 Å². The fourth-order valence-electron chi connectivity index (χ4n) is 1.02. The van der Waals surface area contributed by atoms with Crippen LogP contribution in [0.5, 0.6) is 0 Å². The van der Waals surface area contributed by atoms with Crippen LogP contribution in [0.3, 0.4) is 0 Å². The number of aliphatic hydroxyl groups is 1. The van der Waals surface area contributed by atoms with Crippen LogP contribution in [0.2, 0.25) is 0 Å². The first-order valence-electron chi connectivity index (χ1n) is 4.29. The largest absolute Gasteiger partial charge is 0.396 e. The van der Waals surface area contributed by atoms with Crippen LogP contribution in [0.1, 0.15) is 19.8 Å². The molecule has 11 heavy (non-hydrogen) atoms. The normalized spacial score (nSPS) is 10.9. The van der Waals surface area contributed by atoms with Gasteiger partial charge in [0.15, 0.2) is 0 Å². The molecule has 0 saturated heterocycles. The molecule has 0 fully saturated rings. The van der Waals surface area contributed by atoms with E-state index in [1.165, 1.54) is 0 Å². The highest BCUT2D eigenvalue weighted by atomic mass is 32.1. The van der Waals surface area contributed by atoms with Crippen LogP contribution >= 0.6 is 12.6 Å². The van der Waals surface area contributed by atoms with Gasteiger partial charge in [-0.25, -0.2) is 0 Å². The van der Waals surface area contributed by atoms with Crippen LogP contribution in [0, 0.1) is 0 Å². The molecule has 0 aromatic heterocycles. The summed E-state index contributed by atoms with van der Waals surface area (Å²) in [7, 11) is 0. The Balaban J connectivity index is 3.25. The predicted octanol–water partition coefficient (Wildman–Crippen LogP) is 1.01. The van der Waals surface area contributed by atoms with Crippen LogP contribution in [-0.4, -0.2) is 42.0 Å². The first-order chi connectivity index (χ1) is 5.35. The molecule has 0 rings (SSSR count). The van der Waals surface area contributed by atoms with E-state index >= 15 is 0 Å². The lowest BCUT2D eigenvalue weighted by molar-refractivity contribution is 0.231. The molecule has 0 atom stereocenters. The number of rotatable bonds is 7. The van der Waals surface area contributed by atoms with Gasteiger partial charge in [0.1, 0.15) is 0 Å². The van der Waals surface area contributed by atoms with Gasteiger partial charge >= 0.3 is 0 Å². The zero-order valence-corrected chi connectivity index (χ0v) is 8.19. The molecular weight excluding hydrogens is 158 g/mol. The third-order valence-electron chi connectivity index (χ3n) is 1.71. The molecule has 0 radical (unpaired) electrons. The highest BCUT2D eigenvalue weighted by molar-refractivity contribution is 7.80. The van der Waals surface area contributed by atoms with Crippen LogP contribution in [0.15, 0.2) is 0 Å². The van der Waals surface area contributed by atoms with Crippen LogP contribution in [0.25, 0.3) is 0 Å². The van der Waals surface area contributed by atoms with Gasteiger partial charge in [-0.15, -0.1) is 0 Å². The van der Waals surface area contributed by atoms with Crippen molar-refractivity contribution in [3.8, 4) is 0 Å². The molecule has 0 aliphatic heterocycles. The molecule has 2 nitrogen and oxygen atoms in total. The Kier molecular flexibility index (Phi) is 8.57. The summed E-state index contributed by atoms with van der Waals surface area (Å²) in [5.41, 5.74) is 0. The van der Waals surface area contributed by atoms with E-state index < -0.39 is 0 Å².